The van der Waals surface area contributed by atoms with E-state index in [-0.39, 0.29) is 5.91 Å². The number of aromatic amines is 1. The molecule has 0 aliphatic heterocycles. The molecule has 0 atom stereocenters. The van der Waals surface area contributed by atoms with Crippen molar-refractivity contribution in [3.63, 3.8) is 0 Å². The topological polar surface area (TPSA) is 96.7 Å². The highest BCUT2D eigenvalue weighted by Crippen LogP contribution is 2.20. The van der Waals surface area contributed by atoms with E-state index in [2.05, 4.69) is 20.5 Å². The molecule has 0 aliphatic carbocycles. The number of pyridine rings is 1. The number of rotatable bonds is 2. The standard InChI is InChI=1S/C14H13N5O/c1-8-3-2-6-16-13(8)17-14(20)12-10-7-9(15)4-5-11(10)18-19-12/h2-7H,15H2,1H3,(H,18,19)(H,16,17,20). The maximum Gasteiger partial charge on any atom is 0.277 e. The molecule has 2 heterocycles. The second-order valence-corrected chi connectivity index (χ2v) is 4.50. The minimum Gasteiger partial charge on any atom is -0.399 e. The Morgan fingerprint density at radius 2 is 2.20 bits per heavy atom. The van der Waals surface area contributed by atoms with Gasteiger partial charge in [-0.2, -0.15) is 5.10 Å². The number of fused-ring (bicyclic) bond motifs is 1. The maximum absolute atomic E-state index is 12.3. The Morgan fingerprint density at radius 1 is 1.35 bits per heavy atom. The van der Waals surface area contributed by atoms with Gasteiger partial charge in [-0.05, 0) is 36.8 Å². The highest BCUT2D eigenvalue weighted by Gasteiger charge is 2.15. The van der Waals surface area contributed by atoms with E-state index in [1.165, 1.54) is 0 Å². The minimum atomic E-state index is -0.316. The number of hydrogen-bond acceptors (Lipinski definition) is 4. The van der Waals surface area contributed by atoms with Crippen LogP contribution in [0.3, 0.4) is 0 Å². The van der Waals surface area contributed by atoms with Crippen molar-refractivity contribution in [3.8, 4) is 0 Å². The van der Waals surface area contributed by atoms with Crippen LogP contribution in [0.15, 0.2) is 36.5 Å². The summed E-state index contributed by atoms with van der Waals surface area (Å²) in [6.07, 6.45) is 1.63. The van der Waals surface area contributed by atoms with Crippen LogP contribution in [0.5, 0.6) is 0 Å². The Kier molecular flexibility index (Phi) is 2.83. The summed E-state index contributed by atoms with van der Waals surface area (Å²) >= 11 is 0. The van der Waals surface area contributed by atoms with E-state index in [0.717, 1.165) is 11.1 Å². The van der Waals surface area contributed by atoms with Crippen molar-refractivity contribution in [2.75, 3.05) is 11.1 Å². The second kappa shape index (κ2) is 4.65. The van der Waals surface area contributed by atoms with Gasteiger partial charge in [-0.1, -0.05) is 6.07 Å². The third-order valence-corrected chi connectivity index (χ3v) is 3.04. The third-order valence-electron chi connectivity index (χ3n) is 3.04. The number of aromatic nitrogens is 3. The first-order valence-electron chi connectivity index (χ1n) is 6.12. The molecule has 20 heavy (non-hydrogen) atoms. The summed E-state index contributed by atoms with van der Waals surface area (Å²) < 4.78 is 0. The van der Waals surface area contributed by atoms with Crippen molar-refractivity contribution in [1.82, 2.24) is 15.2 Å². The molecule has 0 radical (unpaired) electrons. The highest BCUT2D eigenvalue weighted by atomic mass is 16.2. The van der Waals surface area contributed by atoms with Crippen LogP contribution in [0, 0.1) is 6.92 Å². The number of amides is 1. The molecule has 6 nitrogen and oxygen atoms in total. The summed E-state index contributed by atoms with van der Waals surface area (Å²) in [6, 6.07) is 8.96. The number of nitrogens with one attached hydrogen (secondary N) is 2. The fourth-order valence-corrected chi connectivity index (χ4v) is 1.99. The van der Waals surface area contributed by atoms with Gasteiger partial charge >= 0.3 is 0 Å². The van der Waals surface area contributed by atoms with Gasteiger partial charge in [0.2, 0.25) is 0 Å². The number of anilines is 2. The lowest BCUT2D eigenvalue weighted by Gasteiger charge is -2.05. The molecule has 0 fully saturated rings. The summed E-state index contributed by atoms with van der Waals surface area (Å²) in [5.41, 5.74) is 8.29. The largest absolute Gasteiger partial charge is 0.399 e. The van der Waals surface area contributed by atoms with Gasteiger partial charge in [0.05, 0.1) is 5.52 Å². The Balaban J connectivity index is 1.97. The molecule has 100 valence electrons. The number of nitrogens with two attached hydrogens (primary N) is 1. The molecule has 3 rings (SSSR count). The van der Waals surface area contributed by atoms with Crippen molar-refractivity contribution < 1.29 is 4.79 Å². The molecule has 1 aromatic carbocycles. The van der Waals surface area contributed by atoms with Crippen LogP contribution < -0.4 is 11.1 Å². The number of carbonyl (C=O) groups is 1. The average molecular weight is 267 g/mol. The number of nitrogens with zero attached hydrogens (tertiary/aromatic N) is 2. The number of H-pyrrole nitrogens is 1. The minimum absolute atomic E-state index is 0.303. The fourth-order valence-electron chi connectivity index (χ4n) is 1.99. The fraction of sp³-hybridized carbons (Fsp3) is 0.0714. The number of hydrogen-bond donors (Lipinski definition) is 3. The van der Waals surface area contributed by atoms with Crippen LogP contribution in [0.1, 0.15) is 16.1 Å². The van der Waals surface area contributed by atoms with Crippen molar-refractivity contribution in [2.24, 2.45) is 0 Å². The predicted octanol–water partition coefficient (Wildman–Crippen LogP) is 2.10. The van der Waals surface area contributed by atoms with E-state index in [1.54, 1.807) is 24.4 Å². The van der Waals surface area contributed by atoms with E-state index in [4.69, 9.17) is 5.73 Å². The van der Waals surface area contributed by atoms with Crippen molar-refractivity contribution in [1.29, 1.82) is 0 Å². The monoisotopic (exact) mass is 267 g/mol. The molecule has 1 amide bonds. The van der Waals surface area contributed by atoms with Crippen molar-refractivity contribution in [2.45, 2.75) is 6.92 Å². The number of carbonyl (C=O) groups excluding carboxylic acids is 1. The molecule has 6 heteroatoms. The zero-order chi connectivity index (χ0) is 14.1. The average Bonchev–Trinajstić information content (AvgIpc) is 2.84. The maximum atomic E-state index is 12.3. The summed E-state index contributed by atoms with van der Waals surface area (Å²) in [4.78, 5) is 16.4. The zero-order valence-electron chi connectivity index (χ0n) is 10.8. The Labute approximate surface area is 115 Å². The molecule has 4 N–H and O–H groups in total. The van der Waals surface area contributed by atoms with Crippen LogP contribution >= 0.6 is 0 Å². The molecular formula is C14H13N5O. The molecule has 2 aromatic heterocycles. The number of benzene rings is 1. The van der Waals surface area contributed by atoms with E-state index in [0.29, 0.717) is 22.6 Å². The summed E-state index contributed by atoms with van der Waals surface area (Å²) in [5, 5.41) is 10.3. The first kappa shape index (κ1) is 12.2. The second-order valence-electron chi connectivity index (χ2n) is 4.50. The predicted molar refractivity (Wildman–Crippen MR) is 77.4 cm³/mol. The van der Waals surface area contributed by atoms with Crippen LogP contribution in [-0.4, -0.2) is 21.1 Å². The Bertz CT molecular complexity index is 793. The lowest BCUT2D eigenvalue weighted by Crippen LogP contribution is -2.14. The molecule has 0 saturated heterocycles. The van der Waals surface area contributed by atoms with Crippen LogP contribution in [0.25, 0.3) is 10.9 Å². The number of aryl methyl sites for hydroxylation is 1. The molecule has 0 unspecified atom stereocenters. The first-order chi connectivity index (χ1) is 9.65. The van der Waals surface area contributed by atoms with E-state index in [1.807, 2.05) is 19.1 Å². The first-order valence-corrected chi connectivity index (χ1v) is 6.12. The van der Waals surface area contributed by atoms with Crippen molar-refractivity contribution in [3.05, 3.63) is 47.8 Å². The lowest BCUT2D eigenvalue weighted by atomic mass is 10.2. The van der Waals surface area contributed by atoms with Gasteiger partial charge in [-0.15, -0.1) is 0 Å². The van der Waals surface area contributed by atoms with Gasteiger partial charge in [0.15, 0.2) is 5.69 Å². The van der Waals surface area contributed by atoms with E-state index in [9.17, 15) is 4.79 Å². The molecule has 0 aliphatic rings. The molecule has 0 saturated carbocycles. The molecule has 3 aromatic rings. The van der Waals surface area contributed by atoms with E-state index >= 15 is 0 Å². The van der Waals surface area contributed by atoms with Gasteiger partial charge in [-0.3, -0.25) is 9.89 Å². The summed E-state index contributed by atoms with van der Waals surface area (Å²) in [7, 11) is 0. The van der Waals surface area contributed by atoms with Gasteiger partial charge < -0.3 is 11.1 Å². The van der Waals surface area contributed by atoms with Gasteiger partial charge in [0, 0.05) is 17.3 Å². The van der Waals surface area contributed by atoms with Crippen LogP contribution in [0.2, 0.25) is 0 Å². The summed E-state index contributed by atoms with van der Waals surface area (Å²) in [6.45, 7) is 1.88. The smallest absolute Gasteiger partial charge is 0.277 e. The lowest BCUT2D eigenvalue weighted by molar-refractivity contribution is 0.102. The third kappa shape index (κ3) is 2.07. The Hall–Kier alpha value is -2.89. The highest BCUT2D eigenvalue weighted by molar-refractivity contribution is 6.11. The SMILES string of the molecule is Cc1cccnc1NC(=O)c1n[nH]c2ccc(N)cc12. The van der Waals surface area contributed by atoms with Gasteiger partial charge in [0.1, 0.15) is 5.82 Å². The molecule has 0 bridgehead atoms. The van der Waals surface area contributed by atoms with Crippen LogP contribution in [0.4, 0.5) is 11.5 Å². The van der Waals surface area contributed by atoms with Gasteiger partial charge in [0.25, 0.3) is 5.91 Å². The Morgan fingerprint density at radius 3 is 3.00 bits per heavy atom. The zero-order valence-corrected chi connectivity index (χ0v) is 10.8. The quantitative estimate of drug-likeness (QED) is 0.619. The number of nitrogen functional groups attached to an aromatic ring is 1. The van der Waals surface area contributed by atoms with Crippen molar-refractivity contribution >= 4 is 28.3 Å². The molecule has 0 spiro atoms. The molecular weight excluding hydrogens is 254 g/mol. The van der Waals surface area contributed by atoms with Crippen LogP contribution in [-0.2, 0) is 0 Å². The van der Waals surface area contributed by atoms with E-state index < -0.39 is 0 Å². The normalized spacial score (nSPS) is 10.7. The summed E-state index contributed by atoms with van der Waals surface area (Å²) in [5.74, 6) is 0.209. The van der Waals surface area contributed by atoms with Gasteiger partial charge in [-0.25, -0.2) is 4.98 Å².